The number of hydrogen-bond acceptors (Lipinski definition) is 7. The minimum Gasteiger partial charge on any atom is -0.481 e. The van der Waals surface area contributed by atoms with Crippen molar-refractivity contribution in [2.45, 2.75) is 58.6 Å². The van der Waals surface area contributed by atoms with Crippen LogP contribution in [0.5, 0.6) is 11.5 Å². The number of ether oxygens (including phenoxy) is 3. The summed E-state index contributed by atoms with van der Waals surface area (Å²) < 4.78 is 16.0. The zero-order chi connectivity index (χ0) is 27.7. The lowest BCUT2D eigenvalue weighted by Gasteiger charge is -2.55. The topological polar surface area (TPSA) is 128 Å². The summed E-state index contributed by atoms with van der Waals surface area (Å²) in [6.07, 6.45) is -0.246. The maximum absolute atomic E-state index is 13.5. The number of para-hydroxylation sites is 1. The van der Waals surface area contributed by atoms with E-state index in [-0.39, 0.29) is 31.7 Å². The van der Waals surface area contributed by atoms with Crippen LogP contribution in [0.3, 0.4) is 0 Å². The number of methoxy groups -OCH3 is 1. The average molecular weight is 526 g/mol. The Balaban J connectivity index is 1.74. The molecule has 0 radical (unpaired) electrons. The lowest BCUT2D eigenvalue weighted by molar-refractivity contribution is -0.191. The molecule has 0 bridgehead atoms. The summed E-state index contributed by atoms with van der Waals surface area (Å²) in [7, 11) is 1.18. The number of hydrogen-bond donors (Lipinski definition) is 2. The summed E-state index contributed by atoms with van der Waals surface area (Å²) in [6, 6.07) is 16.7. The van der Waals surface area contributed by atoms with Crippen molar-refractivity contribution in [3.05, 3.63) is 60.2 Å². The number of benzene rings is 2. The normalized spacial score (nSPS) is 20.9. The van der Waals surface area contributed by atoms with E-state index in [1.54, 1.807) is 6.92 Å². The zero-order valence-corrected chi connectivity index (χ0v) is 22.0. The van der Waals surface area contributed by atoms with Gasteiger partial charge in [-0.1, -0.05) is 50.6 Å². The third-order valence-corrected chi connectivity index (χ3v) is 7.09. The lowest BCUT2D eigenvalue weighted by atomic mass is 9.49. The van der Waals surface area contributed by atoms with Crippen LogP contribution in [-0.4, -0.2) is 42.1 Å². The van der Waals surface area contributed by atoms with Crippen LogP contribution in [0.2, 0.25) is 0 Å². The van der Waals surface area contributed by atoms with Crippen LogP contribution in [0.4, 0.5) is 0 Å². The maximum atomic E-state index is 13.5. The summed E-state index contributed by atoms with van der Waals surface area (Å²) in [6.45, 7) is 3.76. The number of amides is 1. The van der Waals surface area contributed by atoms with E-state index in [2.05, 4.69) is 5.32 Å². The molecular weight excluding hydrogens is 490 g/mol. The van der Waals surface area contributed by atoms with Gasteiger partial charge in [0.05, 0.1) is 12.5 Å². The summed E-state index contributed by atoms with van der Waals surface area (Å²) in [4.78, 5) is 49.8. The molecule has 2 aromatic carbocycles. The molecule has 1 saturated carbocycles. The lowest BCUT2D eigenvalue weighted by Crippen LogP contribution is -2.61. The van der Waals surface area contributed by atoms with E-state index in [0.29, 0.717) is 24.3 Å². The minimum absolute atomic E-state index is 0.0551. The van der Waals surface area contributed by atoms with Gasteiger partial charge in [-0.3, -0.25) is 14.4 Å². The molecule has 1 amide bonds. The molecule has 0 aliphatic heterocycles. The molecule has 4 unspecified atom stereocenters. The van der Waals surface area contributed by atoms with Gasteiger partial charge in [-0.2, -0.15) is 0 Å². The fourth-order valence-electron chi connectivity index (χ4n) is 5.23. The van der Waals surface area contributed by atoms with Gasteiger partial charge in [0.25, 0.3) is 0 Å². The Morgan fingerprint density at radius 1 is 1.03 bits per heavy atom. The van der Waals surface area contributed by atoms with Gasteiger partial charge in [-0.25, -0.2) is 4.79 Å². The first-order valence-corrected chi connectivity index (χ1v) is 12.8. The first-order chi connectivity index (χ1) is 18.2. The van der Waals surface area contributed by atoms with Crippen molar-refractivity contribution in [2.24, 2.45) is 17.3 Å². The molecule has 9 heteroatoms. The van der Waals surface area contributed by atoms with Crippen LogP contribution < -0.4 is 10.1 Å². The van der Waals surface area contributed by atoms with Crippen LogP contribution in [-0.2, 0) is 35.2 Å². The molecule has 204 valence electrons. The van der Waals surface area contributed by atoms with E-state index >= 15 is 0 Å². The molecular formula is C29H35NO8. The van der Waals surface area contributed by atoms with Gasteiger partial charge >= 0.3 is 17.9 Å². The number of aliphatic carboxylic acids is 1. The molecule has 0 heterocycles. The second-order valence-corrected chi connectivity index (χ2v) is 9.51. The predicted octanol–water partition coefficient (Wildman–Crippen LogP) is 4.49. The first-order valence-electron chi connectivity index (χ1n) is 12.8. The van der Waals surface area contributed by atoms with E-state index in [4.69, 9.17) is 14.2 Å². The molecule has 2 aromatic rings. The monoisotopic (exact) mass is 525 g/mol. The SMILES string of the molecule is CCCC1(C(=O)NCc2ccc(Oc3ccccc3)cc2)CC(C(OC(=O)CC)C(=O)OC)C1CC(=O)O. The van der Waals surface area contributed by atoms with Gasteiger partial charge < -0.3 is 24.6 Å². The van der Waals surface area contributed by atoms with Crippen molar-refractivity contribution < 1.29 is 38.5 Å². The van der Waals surface area contributed by atoms with E-state index in [9.17, 15) is 24.3 Å². The summed E-state index contributed by atoms with van der Waals surface area (Å²) >= 11 is 0. The van der Waals surface area contributed by atoms with Crippen LogP contribution in [0, 0.1) is 17.3 Å². The molecule has 3 rings (SSSR count). The van der Waals surface area contributed by atoms with Gasteiger partial charge in [0.15, 0.2) is 0 Å². The number of carbonyl (C=O) groups excluding carboxylic acids is 3. The Morgan fingerprint density at radius 2 is 1.68 bits per heavy atom. The predicted molar refractivity (Wildman–Crippen MR) is 138 cm³/mol. The number of esters is 2. The van der Waals surface area contributed by atoms with E-state index < -0.39 is 41.3 Å². The van der Waals surface area contributed by atoms with Gasteiger partial charge in [-0.15, -0.1) is 0 Å². The van der Waals surface area contributed by atoms with Crippen molar-refractivity contribution in [2.75, 3.05) is 7.11 Å². The highest BCUT2D eigenvalue weighted by atomic mass is 16.6. The van der Waals surface area contributed by atoms with Crippen molar-refractivity contribution in [1.29, 1.82) is 0 Å². The Bertz CT molecular complexity index is 1120. The van der Waals surface area contributed by atoms with Crippen molar-refractivity contribution >= 4 is 23.8 Å². The summed E-state index contributed by atoms with van der Waals surface area (Å²) in [5, 5.41) is 12.6. The second kappa shape index (κ2) is 13.1. The average Bonchev–Trinajstić information content (AvgIpc) is 2.92. The van der Waals surface area contributed by atoms with Crippen LogP contribution in [0.15, 0.2) is 54.6 Å². The fraction of sp³-hybridized carbons (Fsp3) is 0.448. The van der Waals surface area contributed by atoms with Crippen molar-refractivity contribution in [3.63, 3.8) is 0 Å². The van der Waals surface area contributed by atoms with Gasteiger partial charge in [0.2, 0.25) is 12.0 Å². The third kappa shape index (κ3) is 6.70. The second-order valence-electron chi connectivity index (χ2n) is 9.51. The van der Waals surface area contributed by atoms with Gasteiger partial charge in [0, 0.05) is 25.3 Å². The third-order valence-electron chi connectivity index (χ3n) is 7.09. The first kappa shape index (κ1) is 28.7. The number of rotatable bonds is 13. The summed E-state index contributed by atoms with van der Waals surface area (Å²) in [5.74, 6) is -2.68. The Hall–Kier alpha value is -3.88. The molecule has 1 aliphatic carbocycles. The molecule has 0 aromatic heterocycles. The van der Waals surface area contributed by atoms with E-state index in [1.807, 2.05) is 61.5 Å². The van der Waals surface area contributed by atoms with Crippen LogP contribution in [0.25, 0.3) is 0 Å². The quantitative estimate of drug-likeness (QED) is 0.366. The number of nitrogens with one attached hydrogen (secondary N) is 1. The molecule has 1 fully saturated rings. The number of carboxylic acids is 1. The molecule has 2 N–H and O–H groups in total. The molecule has 4 atom stereocenters. The minimum atomic E-state index is -1.26. The van der Waals surface area contributed by atoms with E-state index in [1.165, 1.54) is 7.11 Å². The Kier molecular flexibility index (Phi) is 9.87. The van der Waals surface area contributed by atoms with Crippen molar-refractivity contribution in [1.82, 2.24) is 5.32 Å². The Labute approximate surface area is 222 Å². The smallest absolute Gasteiger partial charge is 0.347 e. The molecule has 38 heavy (non-hydrogen) atoms. The van der Waals surface area contributed by atoms with Gasteiger partial charge in [0.1, 0.15) is 11.5 Å². The number of carboxylic acid groups (broad SMARTS) is 1. The highest BCUT2D eigenvalue weighted by Gasteiger charge is 2.62. The van der Waals surface area contributed by atoms with E-state index in [0.717, 1.165) is 5.56 Å². The molecule has 0 spiro atoms. The summed E-state index contributed by atoms with van der Waals surface area (Å²) in [5.41, 5.74) is -0.153. The number of carbonyl (C=O) groups is 4. The zero-order valence-electron chi connectivity index (χ0n) is 22.0. The Morgan fingerprint density at radius 3 is 2.26 bits per heavy atom. The van der Waals surface area contributed by atoms with Crippen LogP contribution in [0.1, 0.15) is 51.5 Å². The van der Waals surface area contributed by atoms with Crippen molar-refractivity contribution in [3.8, 4) is 11.5 Å². The fourth-order valence-corrected chi connectivity index (χ4v) is 5.23. The highest BCUT2D eigenvalue weighted by Crippen LogP contribution is 2.57. The molecule has 1 aliphatic rings. The van der Waals surface area contributed by atoms with Crippen LogP contribution >= 0.6 is 0 Å². The largest absolute Gasteiger partial charge is 0.481 e. The standard InChI is InChI=1S/C29H35NO8/c1-4-15-29(17-22(23(29)16-24(31)32)26(27(34)36-3)38-25(33)5-2)28(35)30-18-19-11-13-21(14-12-19)37-20-9-7-6-8-10-20/h6-14,22-23,26H,4-5,15-18H2,1-3H3,(H,30,35)(H,31,32). The van der Waals surface area contributed by atoms with Gasteiger partial charge in [-0.05, 0) is 48.6 Å². The maximum Gasteiger partial charge on any atom is 0.347 e. The molecule has 0 saturated heterocycles. The highest BCUT2D eigenvalue weighted by molar-refractivity contribution is 5.86. The molecule has 9 nitrogen and oxygen atoms in total.